The number of ether oxygens (including phenoxy) is 1. The standard InChI is InChI=1S/C5H6N2O2S/c1-9-4-2-3(8)6-5(10)7-4/h2H,1H3,(H2,6,7,8,10). The summed E-state index contributed by atoms with van der Waals surface area (Å²) in [6.07, 6.45) is 0. The Labute approximate surface area is 61.9 Å². The van der Waals surface area contributed by atoms with Gasteiger partial charge in [0.05, 0.1) is 13.2 Å². The number of H-pyrrole nitrogens is 2. The van der Waals surface area contributed by atoms with E-state index in [9.17, 15) is 4.79 Å². The van der Waals surface area contributed by atoms with Crippen molar-refractivity contribution >= 4 is 12.2 Å². The number of hydrogen-bond acceptors (Lipinski definition) is 3. The minimum Gasteiger partial charge on any atom is -0.482 e. The SMILES string of the molecule is COc1cc(=O)[nH]c(=S)[nH]1. The minimum atomic E-state index is -0.263. The highest BCUT2D eigenvalue weighted by atomic mass is 32.1. The molecular formula is C5H6N2O2S. The normalized spacial score (nSPS) is 9.30. The van der Waals surface area contributed by atoms with Crippen LogP contribution in [0.4, 0.5) is 0 Å². The van der Waals surface area contributed by atoms with Crippen molar-refractivity contribution < 1.29 is 4.74 Å². The number of aromatic amines is 2. The van der Waals surface area contributed by atoms with E-state index in [0.717, 1.165) is 0 Å². The molecule has 1 heterocycles. The molecule has 0 amide bonds. The lowest BCUT2D eigenvalue weighted by molar-refractivity contribution is 0.395. The molecule has 0 aromatic carbocycles. The fraction of sp³-hybridized carbons (Fsp3) is 0.200. The summed E-state index contributed by atoms with van der Waals surface area (Å²) >= 11 is 4.66. The topological polar surface area (TPSA) is 57.9 Å². The van der Waals surface area contributed by atoms with Gasteiger partial charge in [0.15, 0.2) is 10.7 Å². The summed E-state index contributed by atoms with van der Waals surface area (Å²) in [5.74, 6) is 0.369. The fourth-order valence-corrected chi connectivity index (χ4v) is 0.757. The van der Waals surface area contributed by atoms with Gasteiger partial charge in [0.2, 0.25) is 0 Å². The highest BCUT2D eigenvalue weighted by Gasteiger charge is 1.89. The first-order chi connectivity index (χ1) is 4.72. The van der Waals surface area contributed by atoms with Gasteiger partial charge < -0.3 is 9.72 Å². The summed E-state index contributed by atoms with van der Waals surface area (Å²) in [6.45, 7) is 0. The monoisotopic (exact) mass is 158 g/mol. The molecule has 0 fully saturated rings. The molecule has 0 aliphatic carbocycles. The van der Waals surface area contributed by atoms with E-state index in [1.807, 2.05) is 0 Å². The van der Waals surface area contributed by atoms with Crippen molar-refractivity contribution in [3.63, 3.8) is 0 Å². The van der Waals surface area contributed by atoms with Crippen molar-refractivity contribution in [2.75, 3.05) is 7.11 Å². The molecule has 54 valence electrons. The van der Waals surface area contributed by atoms with Crippen LogP contribution in [0, 0.1) is 4.77 Å². The summed E-state index contributed by atoms with van der Waals surface area (Å²) in [5, 5.41) is 0. The van der Waals surface area contributed by atoms with E-state index < -0.39 is 0 Å². The molecule has 0 saturated heterocycles. The summed E-state index contributed by atoms with van der Waals surface area (Å²) in [4.78, 5) is 15.7. The maximum absolute atomic E-state index is 10.6. The van der Waals surface area contributed by atoms with E-state index in [0.29, 0.717) is 5.88 Å². The Morgan fingerprint density at radius 1 is 1.60 bits per heavy atom. The Bertz CT molecular complexity index is 299. The van der Waals surface area contributed by atoms with Crippen LogP contribution in [0.1, 0.15) is 0 Å². The van der Waals surface area contributed by atoms with Gasteiger partial charge in [-0.3, -0.25) is 9.78 Å². The first-order valence-corrected chi connectivity index (χ1v) is 3.01. The maximum Gasteiger partial charge on any atom is 0.255 e. The molecule has 1 aromatic rings. The van der Waals surface area contributed by atoms with Crippen LogP contribution in [0.5, 0.6) is 5.88 Å². The molecule has 0 aliphatic heterocycles. The first-order valence-electron chi connectivity index (χ1n) is 2.60. The lowest BCUT2D eigenvalue weighted by Crippen LogP contribution is -2.06. The molecule has 0 spiro atoms. The Kier molecular flexibility index (Phi) is 1.86. The number of hydrogen-bond donors (Lipinski definition) is 2. The Morgan fingerprint density at radius 3 is 2.80 bits per heavy atom. The second-order valence-corrected chi connectivity index (χ2v) is 2.06. The molecule has 1 rings (SSSR count). The average molecular weight is 158 g/mol. The smallest absolute Gasteiger partial charge is 0.255 e. The van der Waals surface area contributed by atoms with E-state index in [1.165, 1.54) is 13.2 Å². The van der Waals surface area contributed by atoms with Crippen LogP contribution in [-0.2, 0) is 0 Å². The van der Waals surface area contributed by atoms with Crippen molar-refractivity contribution in [1.82, 2.24) is 9.97 Å². The highest BCUT2D eigenvalue weighted by molar-refractivity contribution is 7.71. The second kappa shape index (κ2) is 2.66. The van der Waals surface area contributed by atoms with Gasteiger partial charge >= 0.3 is 0 Å². The Balaban J connectivity index is 3.33. The minimum absolute atomic E-state index is 0.263. The van der Waals surface area contributed by atoms with Crippen LogP contribution in [0.3, 0.4) is 0 Å². The molecule has 10 heavy (non-hydrogen) atoms. The van der Waals surface area contributed by atoms with Gasteiger partial charge in [-0.1, -0.05) is 0 Å². The van der Waals surface area contributed by atoms with Crippen molar-refractivity contribution in [3.8, 4) is 5.88 Å². The van der Waals surface area contributed by atoms with Crippen LogP contribution in [0.2, 0.25) is 0 Å². The lowest BCUT2D eigenvalue weighted by Gasteiger charge is -1.95. The van der Waals surface area contributed by atoms with E-state index >= 15 is 0 Å². The van der Waals surface area contributed by atoms with E-state index in [4.69, 9.17) is 4.74 Å². The van der Waals surface area contributed by atoms with Gasteiger partial charge in [0.25, 0.3) is 5.56 Å². The van der Waals surface area contributed by atoms with Crippen molar-refractivity contribution in [2.24, 2.45) is 0 Å². The fourth-order valence-electron chi connectivity index (χ4n) is 0.556. The van der Waals surface area contributed by atoms with Gasteiger partial charge in [0.1, 0.15) is 0 Å². The van der Waals surface area contributed by atoms with E-state index in [1.54, 1.807) is 0 Å². The molecule has 0 saturated carbocycles. The van der Waals surface area contributed by atoms with E-state index in [-0.39, 0.29) is 10.3 Å². The third-order valence-electron chi connectivity index (χ3n) is 0.956. The molecule has 4 nitrogen and oxygen atoms in total. The molecule has 1 aromatic heterocycles. The molecule has 0 unspecified atom stereocenters. The van der Waals surface area contributed by atoms with Crippen molar-refractivity contribution in [3.05, 3.63) is 21.2 Å². The Morgan fingerprint density at radius 2 is 2.30 bits per heavy atom. The zero-order valence-electron chi connectivity index (χ0n) is 5.30. The van der Waals surface area contributed by atoms with Crippen LogP contribution in [0.25, 0.3) is 0 Å². The number of methoxy groups -OCH3 is 1. The zero-order valence-corrected chi connectivity index (χ0v) is 6.12. The maximum atomic E-state index is 10.6. The molecule has 0 atom stereocenters. The highest BCUT2D eigenvalue weighted by Crippen LogP contribution is 1.96. The number of rotatable bonds is 1. The van der Waals surface area contributed by atoms with Gasteiger partial charge in [0, 0.05) is 0 Å². The second-order valence-electron chi connectivity index (χ2n) is 1.66. The average Bonchev–Trinajstić information content (AvgIpc) is 1.85. The number of aromatic nitrogens is 2. The van der Waals surface area contributed by atoms with Gasteiger partial charge in [-0.15, -0.1) is 0 Å². The van der Waals surface area contributed by atoms with Crippen LogP contribution < -0.4 is 10.3 Å². The zero-order chi connectivity index (χ0) is 7.56. The van der Waals surface area contributed by atoms with Gasteiger partial charge in [-0.2, -0.15) is 0 Å². The van der Waals surface area contributed by atoms with Gasteiger partial charge in [-0.05, 0) is 12.2 Å². The van der Waals surface area contributed by atoms with Crippen LogP contribution in [-0.4, -0.2) is 17.1 Å². The summed E-state index contributed by atoms with van der Waals surface area (Å²) < 4.78 is 5.00. The van der Waals surface area contributed by atoms with Crippen LogP contribution >= 0.6 is 12.2 Å². The third-order valence-corrected chi connectivity index (χ3v) is 1.16. The summed E-state index contributed by atoms with van der Waals surface area (Å²) in [5.41, 5.74) is -0.263. The molecule has 0 radical (unpaired) electrons. The Hall–Kier alpha value is -1.10. The molecule has 0 aliphatic rings. The predicted molar refractivity (Wildman–Crippen MR) is 38.8 cm³/mol. The quantitative estimate of drug-likeness (QED) is 0.583. The molecule has 2 N–H and O–H groups in total. The van der Waals surface area contributed by atoms with Crippen LogP contribution in [0.15, 0.2) is 10.9 Å². The van der Waals surface area contributed by atoms with Gasteiger partial charge in [-0.25, -0.2) is 0 Å². The number of nitrogens with one attached hydrogen (secondary N) is 2. The largest absolute Gasteiger partial charge is 0.482 e. The predicted octanol–water partition coefficient (Wildman–Crippen LogP) is 0.441. The molecular weight excluding hydrogens is 152 g/mol. The molecule has 5 heteroatoms. The van der Waals surface area contributed by atoms with Crippen molar-refractivity contribution in [1.29, 1.82) is 0 Å². The van der Waals surface area contributed by atoms with E-state index in [2.05, 4.69) is 22.2 Å². The third kappa shape index (κ3) is 1.44. The summed E-state index contributed by atoms with van der Waals surface area (Å²) in [7, 11) is 1.46. The van der Waals surface area contributed by atoms with Crippen molar-refractivity contribution in [2.45, 2.75) is 0 Å². The summed E-state index contributed by atoms with van der Waals surface area (Å²) in [6, 6.07) is 1.29. The molecule has 0 bridgehead atoms. The first kappa shape index (κ1) is 7.01. The lowest BCUT2D eigenvalue weighted by atomic mass is 10.6.